The van der Waals surface area contributed by atoms with E-state index < -0.39 is 0 Å². The van der Waals surface area contributed by atoms with Gasteiger partial charge in [-0.3, -0.25) is 11.3 Å². The third kappa shape index (κ3) is 2.63. The van der Waals surface area contributed by atoms with Gasteiger partial charge in [0.25, 0.3) is 0 Å². The molecule has 0 saturated heterocycles. The molecule has 0 spiro atoms. The van der Waals surface area contributed by atoms with Crippen molar-refractivity contribution in [2.75, 3.05) is 14.2 Å². The highest BCUT2D eigenvalue weighted by atomic mass is 16.5. The van der Waals surface area contributed by atoms with Crippen LogP contribution in [0.1, 0.15) is 50.6 Å². The fourth-order valence-corrected chi connectivity index (χ4v) is 3.58. The Morgan fingerprint density at radius 1 is 1.20 bits per heavy atom. The fraction of sp³-hybridized carbons (Fsp3) is 0.625. The van der Waals surface area contributed by atoms with E-state index in [0.29, 0.717) is 0 Å². The summed E-state index contributed by atoms with van der Waals surface area (Å²) >= 11 is 0. The minimum atomic E-state index is 0.162. The first-order valence-corrected chi connectivity index (χ1v) is 7.39. The topological polar surface area (TPSA) is 56.5 Å². The molecule has 2 rings (SSSR count). The molecule has 0 bridgehead atoms. The molecule has 20 heavy (non-hydrogen) atoms. The molecule has 1 aromatic rings. The van der Waals surface area contributed by atoms with Crippen LogP contribution in [0.25, 0.3) is 0 Å². The van der Waals surface area contributed by atoms with E-state index in [4.69, 9.17) is 15.3 Å². The first-order valence-electron chi connectivity index (χ1n) is 7.39. The Balaban J connectivity index is 2.36. The quantitative estimate of drug-likeness (QED) is 0.620. The zero-order valence-corrected chi connectivity index (χ0v) is 12.7. The summed E-state index contributed by atoms with van der Waals surface area (Å²) in [4.78, 5) is 0. The summed E-state index contributed by atoms with van der Waals surface area (Å²) in [5, 5.41) is 0. The second-order valence-corrected chi connectivity index (χ2v) is 5.64. The molecule has 0 heterocycles. The molecule has 1 aliphatic rings. The summed E-state index contributed by atoms with van der Waals surface area (Å²) in [6.07, 6.45) is 6.17. The van der Waals surface area contributed by atoms with Crippen LogP contribution >= 0.6 is 0 Å². The van der Waals surface area contributed by atoms with Gasteiger partial charge in [-0.05, 0) is 42.4 Å². The minimum absolute atomic E-state index is 0.162. The number of nitrogens with one attached hydrogen (secondary N) is 1. The summed E-state index contributed by atoms with van der Waals surface area (Å²) in [7, 11) is 3.32. The van der Waals surface area contributed by atoms with Gasteiger partial charge in [0, 0.05) is 0 Å². The van der Waals surface area contributed by atoms with Crippen LogP contribution in [-0.2, 0) is 0 Å². The van der Waals surface area contributed by atoms with Gasteiger partial charge in [0.2, 0.25) is 0 Å². The Morgan fingerprint density at radius 2 is 1.85 bits per heavy atom. The van der Waals surface area contributed by atoms with Crippen molar-refractivity contribution in [3.8, 4) is 11.5 Å². The van der Waals surface area contributed by atoms with Gasteiger partial charge in [-0.1, -0.05) is 25.8 Å². The first-order chi connectivity index (χ1) is 9.70. The maximum absolute atomic E-state index is 5.89. The van der Waals surface area contributed by atoms with Crippen LogP contribution in [0.5, 0.6) is 11.5 Å². The lowest BCUT2D eigenvalue weighted by atomic mass is 9.73. The van der Waals surface area contributed by atoms with Gasteiger partial charge in [-0.15, -0.1) is 0 Å². The van der Waals surface area contributed by atoms with Gasteiger partial charge in [-0.2, -0.15) is 0 Å². The van der Waals surface area contributed by atoms with Gasteiger partial charge < -0.3 is 9.47 Å². The maximum atomic E-state index is 5.89. The van der Waals surface area contributed by atoms with Crippen molar-refractivity contribution < 1.29 is 9.47 Å². The molecule has 4 heteroatoms. The molecule has 1 atom stereocenters. The van der Waals surface area contributed by atoms with E-state index in [0.717, 1.165) is 17.9 Å². The van der Waals surface area contributed by atoms with E-state index in [1.165, 1.54) is 31.2 Å². The molecule has 112 valence electrons. The van der Waals surface area contributed by atoms with Crippen LogP contribution in [-0.4, -0.2) is 14.2 Å². The molecule has 4 nitrogen and oxygen atoms in total. The molecular formula is C16H26N2O2. The molecule has 0 radical (unpaired) electrons. The monoisotopic (exact) mass is 278 g/mol. The molecule has 1 fully saturated rings. The lowest BCUT2D eigenvalue weighted by Crippen LogP contribution is -2.40. The second kappa shape index (κ2) is 6.46. The Hall–Kier alpha value is -1.26. The number of nitrogens with two attached hydrogens (primary N) is 1. The van der Waals surface area contributed by atoms with E-state index in [9.17, 15) is 0 Å². The predicted octanol–water partition coefficient (Wildman–Crippen LogP) is 3.18. The van der Waals surface area contributed by atoms with Crippen LogP contribution in [0.4, 0.5) is 0 Å². The van der Waals surface area contributed by atoms with Crippen molar-refractivity contribution in [2.45, 2.75) is 45.1 Å². The number of hydrogen-bond acceptors (Lipinski definition) is 4. The summed E-state index contributed by atoms with van der Waals surface area (Å²) in [5.41, 5.74) is 4.48. The van der Waals surface area contributed by atoms with Crippen molar-refractivity contribution in [3.05, 3.63) is 23.8 Å². The molecule has 0 aromatic heterocycles. The lowest BCUT2D eigenvalue weighted by Gasteiger charge is -2.37. The molecule has 1 aliphatic carbocycles. The Kier molecular flexibility index (Phi) is 4.89. The molecule has 0 aliphatic heterocycles. The third-order valence-electron chi connectivity index (χ3n) is 4.82. The summed E-state index contributed by atoms with van der Waals surface area (Å²) in [6, 6.07) is 6.24. The number of methoxy groups -OCH3 is 2. The SMILES string of the molecule is CCC1(C(NN)c2ccc(OC)c(OC)c2)CCCC1. The van der Waals surface area contributed by atoms with Crippen LogP contribution < -0.4 is 20.7 Å². The van der Waals surface area contributed by atoms with Gasteiger partial charge in [0.15, 0.2) is 11.5 Å². The molecule has 1 aromatic carbocycles. The zero-order valence-electron chi connectivity index (χ0n) is 12.7. The minimum Gasteiger partial charge on any atom is -0.493 e. The van der Waals surface area contributed by atoms with E-state index in [2.05, 4.69) is 18.4 Å². The van der Waals surface area contributed by atoms with Crippen LogP contribution in [0, 0.1) is 5.41 Å². The Bertz CT molecular complexity index is 442. The largest absolute Gasteiger partial charge is 0.493 e. The van der Waals surface area contributed by atoms with Crippen LogP contribution in [0.15, 0.2) is 18.2 Å². The molecule has 1 saturated carbocycles. The van der Waals surface area contributed by atoms with Crippen molar-refractivity contribution in [2.24, 2.45) is 11.3 Å². The number of hydrogen-bond donors (Lipinski definition) is 2. The number of ether oxygens (including phenoxy) is 2. The highest BCUT2D eigenvalue weighted by molar-refractivity contribution is 5.44. The number of rotatable bonds is 6. The fourth-order valence-electron chi connectivity index (χ4n) is 3.58. The highest BCUT2D eigenvalue weighted by Gasteiger charge is 2.40. The van der Waals surface area contributed by atoms with Crippen molar-refractivity contribution >= 4 is 0 Å². The first kappa shape index (κ1) is 15.1. The second-order valence-electron chi connectivity index (χ2n) is 5.64. The van der Waals surface area contributed by atoms with Gasteiger partial charge >= 0.3 is 0 Å². The third-order valence-corrected chi connectivity index (χ3v) is 4.82. The van der Waals surface area contributed by atoms with Crippen molar-refractivity contribution in [3.63, 3.8) is 0 Å². The number of hydrazine groups is 1. The Morgan fingerprint density at radius 3 is 2.35 bits per heavy atom. The summed E-state index contributed by atoms with van der Waals surface area (Å²) < 4.78 is 10.7. The normalized spacial score (nSPS) is 18.8. The van der Waals surface area contributed by atoms with Gasteiger partial charge in [-0.25, -0.2) is 0 Å². The van der Waals surface area contributed by atoms with E-state index in [1.807, 2.05) is 12.1 Å². The van der Waals surface area contributed by atoms with Crippen molar-refractivity contribution in [1.82, 2.24) is 5.43 Å². The van der Waals surface area contributed by atoms with Crippen LogP contribution in [0.2, 0.25) is 0 Å². The predicted molar refractivity (Wildman–Crippen MR) is 80.8 cm³/mol. The van der Waals surface area contributed by atoms with Crippen LogP contribution in [0.3, 0.4) is 0 Å². The smallest absolute Gasteiger partial charge is 0.161 e. The molecule has 1 unspecified atom stereocenters. The van der Waals surface area contributed by atoms with Gasteiger partial charge in [0.1, 0.15) is 0 Å². The van der Waals surface area contributed by atoms with E-state index in [-0.39, 0.29) is 11.5 Å². The molecular weight excluding hydrogens is 252 g/mol. The molecule has 0 amide bonds. The highest BCUT2D eigenvalue weighted by Crippen LogP contribution is 2.50. The zero-order chi connectivity index (χ0) is 14.6. The average molecular weight is 278 g/mol. The Labute approximate surface area is 121 Å². The van der Waals surface area contributed by atoms with E-state index in [1.54, 1.807) is 14.2 Å². The average Bonchev–Trinajstić information content (AvgIpc) is 2.97. The summed E-state index contributed by atoms with van der Waals surface area (Å²) in [6.45, 7) is 2.26. The summed E-state index contributed by atoms with van der Waals surface area (Å²) in [5.74, 6) is 7.40. The standard InChI is InChI=1S/C16H26N2O2/c1-4-16(9-5-6-10-16)15(18-17)12-7-8-13(19-2)14(11-12)20-3/h7-8,11,15,18H,4-6,9-10,17H2,1-3H3. The van der Waals surface area contributed by atoms with Crippen molar-refractivity contribution in [1.29, 1.82) is 0 Å². The number of benzene rings is 1. The molecule has 3 N–H and O–H groups in total. The van der Waals surface area contributed by atoms with Gasteiger partial charge in [0.05, 0.1) is 20.3 Å². The lowest BCUT2D eigenvalue weighted by molar-refractivity contribution is 0.187. The maximum Gasteiger partial charge on any atom is 0.161 e. The van der Waals surface area contributed by atoms with E-state index >= 15 is 0 Å².